The molecule has 0 saturated carbocycles. The summed E-state index contributed by atoms with van der Waals surface area (Å²) in [6, 6.07) is 4.94. The lowest BCUT2D eigenvalue weighted by atomic mass is 10.2. The minimum absolute atomic E-state index is 0.0371. The molecule has 4 nitrogen and oxygen atoms in total. The lowest BCUT2D eigenvalue weighted by molar-refractivity contribution is -0.121. The van der Waals surface area contributed by atoms with E-state index in [2.05, 4.69) is 12.2 Å². The molecule has 0 aliphatic carbocycles. The number of halogens is 1. The molecule has 0 aromatic heterocycles. The highest BCUT2D eigenvalue weighted by Crippen LogP contribution is 2.22. The van der Waals surface area contributed by atoms with E-state index in [1.54, 1.807) is 25.2 Å². The first-order chi connectivity index (χ1) is 8.56. The Hall–Kier alpha value is -1.26. The summed E-state index contributed by atoms with van der Waals surface area (Å²) in [5, 5.41) is 12.9. The number of carbonyl (C=O) groups excluding carboxylic acids is 1. The van der Waals surface area contributed by atoms with Crippen molar-refractivity contribution < 1.29 is 9.90 Å². The number of nitrogens with one attached hydrogen (secondary N) is 1. The minimum Gasteiger partial charge on any atom is -0.508 e. The van der Waals surface area contributed by atoms with Gasteiger partial charge in [-0.2, -0.15) is 0 Å². The minimum atomic E-state index is -0.0371. The second kappa shape index (κ2) is 7.24. The van der Waals surface area contributed by atoms with Crippen LogP contribution in [-0.4, -0.2) is 36.1 Å². The number of aromatic hydroxyl groups is 1. The molecule has 0 fully saturated rings. The average molecular weight is 271 g/mol. The van der Waals surface area contributed by atoms with Gasteiger partial charge in [-0.3, -0.25) is 9.69 Å². The van der Waals surface area contributed by atoms with Gasteiger partial charge in [-0.1, -0.05) is 18.5 Å². The lowest BCUT2D eigenvalue weighted by Gasteiger charge is -2.21. The van der Waals surface area contributed by atoms with E-state index in [0.717, 1.165) is 18.5 Å². The molecule has 18 heavy (non-hydrogen) atoms. The second-order valence-corrected chi connectivity index (χ2v) is 4.59. The number of nitrogens with zero attached hydrogens (tertiary/aromatic N) is 1. The van der Waals surface area contributed by atoms with Crippen molar-refractivity contribution in [3.63, 3.8) is 0 Å². The number of rotatable bonds is 6. The number of likely N-dealkylation sites (N-methyl/N-ethyl adjacent to an activating group) is 1. The Morgan fingerprint density at radius 2 is 2.22 bits per heavy atom. The molecule has 2 N–H and O–H groups in total. The molecule has 0 saturated heterocycles. The monoisotopic (exact) mass is 270 g/mol. The van der Waals surface area contributed by atoms with Gasteiger partial charge in [-0.15, -0.1) is 0 Å². The highest BCUT2D eigenvalue weighted by molar-refractivity contribution is 6.30. The Labute approximate surface area is 113 Å². The van der Waals surface area contributed by atoms with Crippen LogP contribution in [-0.2, 0) is 11.3 Å². The smallest absolute Gasteiger partial charge is 0.233 e. The van der Waals surface area contributed by atoms with E-state index < -0.39 is 0 Å². The van der Waals surface area contributed by atoms with Crippen LogP contribution in [0.5, 0.6) is 5.75 Å². The van der Waals surface area contributed by atoms with Crippen molar-refractivity contribution in [2.45, 2.75) is 19.9 Å². The molecule has 0 aliphatic rings. The van der Waals surface area contributed by atoms with Crippen LogP contribution in [0.15, 0.2) is 18.2 Å². The maximum atomic E-state index is 11.4. The van der Waals surface area contributed by atoms with E-state index in [4.69, 9.17) is 11.6 Å². The zero-order valence-electron chi connectivity index (χ0n) is 10.7. The molecule has 5 heteroatoms. The third kappa shape index (κ3) is 4.55. The second-order valence-electron chi connectivity index (χ2n) is 4.16. The Bertz CT molecular complexity index is 410. The molecule has 1 amide bonds. The van der Waals surface area contributed by atoms with Crippen molar-refractivity contribution >= 4 is 17.5 Å². The first kappa shape index (κ1) is 14.8. The fourth-order valence-electron chi connectivity index (χ4n) is 1.73. The van der Waals surface area contributed by atoms with Crippen LogP contribution in [0.2, 0.25) is 5.02 Å². The van der Waals surface area contributed by atoms with E-state index in [0.29, 0.717) is 18.1 Å². The summed E-state index contributed by atoms with van der Waals surface area (Å²) in [5.74, 6) is 0.169. The van der Waals surface area contributed by atoms with Crippen molar-refractivity contribution in [3.8, 4) is 5.75 Å². The zero-order valence-corrected chi connectivity index (χ0v) is 11.5. The molecule has 0 radical (unpaired) electrons. The molecule has 100 valence electrons. The summed E-state index contributed by atoms with van der Waals surface area (Å²) >= 11 is 5.90. The number of hydrogen-bond acceptors (Lipinski definition) is 3. The maximum absolute atomic E-state index is 11.4. The molecule has 0 spiro atoms. The van der Waals surface area contributed by atoms with Crippen LogP contribution in [0.3, 0.4) is 0 Å². The first-order valence-corrected chi connectivity index (χ1v) is 6.35. The molecule has 0 heterocycles. The number of phenols is 1. The van der Waals surface area contributed by atoms with Crippen molar-refractivity contribution in [2.24, 2.45) is 0 Å². The fourth-order valence-corrected chi connectivity index (χ4v) is 1.93. The van der Waals surface area contributed by atoms with Gasteiger partial charge in [0.2, 0.25) is 5.91 Å². The molecule has 1 aromatic rings. The summed E-state index contributed by atoms with van der Waals surface area (Å²) in [6.07, 6.45) is 0.943. The van der Waals surface area contributed by atoms with Gasteiger partial charge in [0.1, 0.15) is 5.75 Å². The van der Waals surface area contributed by atoms with Gasteiger partial charge in [0, 0.05) is 24.2 Å². The largest absolute Gasteiger partial charge is 0.508 e. The van der Waals surface area contributed by atoms with Gasteiger partial charge in [-0.25, -0.2) is 0 Å². The van der Waals surface area contributed by atoms with Gasteiger partial charge in [0.25, 0.3) is 0 Å². The van der Waals surface area contributed by atoms with Crippen molar-refractivity contribution in [3.05, 3.63) is 28.8 Å². The number of amides is 1. The molecule has 1 rings (SSSR count). The number of hydrogen-bond donors (Lipinski definition) is 2. The van der Waals surface area contributed by atoms with Gasteiger partial charge in [0.15, 0.2) is 0 Å². The number of carbonyl (C=O) groups is 1. The van der Waals surface area contributed by atoms with Crippen molar-refractivity contribution in [2.75, 3.05) is 20.1 Å². The quantitative estimate of drug-likeness (QED) is 0.831. The zero-order chi connectivity index (χ0) is 13.5. The average Bonchev–Trinajstić information content (AvgIpc) is 2.34. The van der Waals surface area contributed by atoms with Gasteiger partial charge in [0.05, 0.1) is 6.54 Å². The summed E-state index contributed by atoms with van der Waals surface area (Å²) in [6.45, 7) is 3.66. The highest BCUT2D eigenvalue weighted by atomic mass is 35.5. The van der Waals surface area contributed by atoms with Crippen LogP contribution < -0.4 is 5.32 Å². The SMILES string of the molecule is CCCN(CC(=O)NC)Cc1cc(Cl)ccc1O. The molecule has 0 bridgehead atoms. The standard InChI is InChI=1S/C13H19ClN2O2/c1-3-6-16(9-13(18)15-2)8-10-7-11(14)4-5-12(10)17/h4-5,7,17H,3,6,8-9H2,1-2H3,(H,15,18). The topological polar surface area (TPSA) is 52.6 Å². The Morgan fingerprint density at radius 1 is 1.50 bits per heavy atom. The van der Waals surface area contributed by atoms with Gasteiger partial charge in [-0.05, 0) is 31.2 Å². The number of benzene rings is 1. The van der Waals surface area contributed by atoms with E-state index >= 15 is 0 Å². The van der Waals surface area contributed by atoms with E-state index in [9.17, 15) is 9.90 Å². The predicted molar refractivity (Wildman–Crippen MR) is 72.8 cm³/mol. The highest BCUT2D eigenvalue weighted by Gasteiger charge is 2.12. The molecule has 0 unspecified atom stereocenters. The predicted octanol–water partition coefficient (Wildman–Crippen LogP) is 2.00. The normalized spacial score (nSPS) is 10.7. The van der Waals surface area contributed by atoms with Crippen LogP contribution in [0.1, 0.15) is 18.9 Å². The van der Waals surface area contributed by atoms with Crippen LogP contribution in [0.25, 0.3) is 0 Å². The van der Waals surface area contributed by atoms with Crippen LogP contribution in [0.4, 0.5) is 0 Å². The summed E-state index contributed by atoms with van der Waals surface area (Å²) in [7, 11) is 1.61. The molecular weight excluding hydrogens is 252 g/mol. The van der Waals surface area contributed by atoms with Crippen LogP contribution in [0, 0.1) is 0 Å². The molecular formula is C13H19ClN2O2. The lowest BCUT2D eigenvalue weighted by Crippen LogP contribution is -2.35. The first-order valence-electron chi connectivity index (χ1n) is 5.97. The van der Waals surface area contributed by atoms with E-state index in [1.807, 2.05) is 4.90 Å². The molecule has 1 aromatic carbocycles. The Morgan fingerprint density at radius 3 is 2.83 bits per heavy atom. The Balaban J connectivity index is 2.75. The third-order valence-corrected chi connectivity index (χ3v) is 2.86. The van der Waals surface area contributed by atoms with E-state index in [-0.39, 0.29) is 11.7 Å². The van der Waals surface area contributed by atoms with Gasteiger partial charge < -0.3 is 10.4 Å². The van der Waals surface area contributed by atoms with E-state index in [1.165, 1.54) is 0 Å². The Kier molecular flexibility index (Phi) is 5.95. The summed E-state index contributed by atoms with van der Waals surface area (Å²) in [5.41, 5.74) is 0.736. The molecule has 0 aliphatic heterocycles. The van der Waals surface area contributed by atoms with Gasteiger partial charge >= 0.3 is 0 Å². The van der Waals surface area contributed by atoms with Crippen molar-refractivity contribution in [1.29, 1.82) is 0 Å². The maximum Gasteiger partial charge on any atom is 0.233 e. The third-order valence-electron chi connectivity index (χ3n) is 2.62. The van der Waals surface area contributed by atoms with Crippen molar-refractivity contribution in [1.82, 2.24) is 10.2 Å². The molecule has 0 atom stereocenters. The number of phenolic OH excluding ortho intramolecular Hbond substituents is 1. The summed E-state index contributed by atoms with van der Waals surface area (Å²) < 4.78 is 0. The fraction of sp³-hybridized carbons (Fsp3) is 0.462. The van der Waals surface area contributed by atoms with Crippen LogP contribution >= 0.6 is 11.6 Å². The summed E-state index contributed by atoms with van der Waals surface area (Å²) in [4.78, 5) is 13.4.